The number of halogens is 3. The summed E-state index contributed by atoms with van der Waals surface area (Å²) >= 11 is 0. The van der Waals surface area contributed by atoms with Gasteiger partial charge in [-0.2, -0.15) is 13.2 Å². The van der Waals surface area contributed by atoms with E-state index in [1.54, 1.807) is 18.3 Å². The van der Waals surface area contributed by atoms with Crippen LogP contribution in [0.1, 0.15) is 31.9 Å². The molecule has 0 unspecified atom stereocenters. The molecule has 38 heavy (non-hydrogen) atoms. The zero-order valence-electron chi connectivity index (χ0n) is 21.7. The molecule has 1 aliphatic heterocycles. The van der Waals surface area contributed by atoms with E-state index < -0.39 is 11.7 Å². The molecule has 200 valence electrons. The second-order valence-electron chi connectivity index (χ2n) is 10.7. The molecule has 0 spiro atoms. The van der Waals surface area contributed by atoms with E-state index in [4.69, 9.17) is 14.7 Å². The normalized spacial score (nSPS) is 15.2. The number of hydrogen-bond acceptors (Lipinski definition) is 6. The lowest BCUT2D eigenvalue weighted by Gasteiger charge is -2.26. The van der Waals surface area contributed by atoms with Crippen LogP contribution in [-0.2, 0) is 17.5 Å². The third kappa shape index (κ3) is 5.97. The van der Waals surface area contributed by atoms with Crippen LogP contribution in [0.25, 0.3) is 28.3 Å². The first-order chi connectivity index (χ1) is 18.1. The number of fused-ring (bicyclic) bond motifs is 1. The van der Waals surface area contributed by atoms with Crippen molar-refractivity contribution < 1.29 is 17.9 Å². The van der Waals surface area contributed by atoms with E-state index in [1.165, 1.54) is 6.07 Å². The number of aromatic nitrogens is 4. The molecule has 5 rings (SSSR count). The largest absolute Gasteiger partial charge is 0.416 e. The molecule has 0 saturated carbocycles. The molecule has 0 amide bonds. The second kappa shape index (κ2) is 10.3. The third-order valence-corrected chi connectivity index (χ3v) is 6.34. The van der Waals surface area contributed by atoms with Crippen LogP contribution in [0, 0.1) is 5.41 Å². The lowest BCUT2D eigenvalue weighted by atomic mass is 9.97. The summed E-state index contributed by atoms with van der Waals surface area (Å²) in [5.41, 5.74) is 2.98. The smallest absolute Gasteiger partial charge is 0.379 e. The van der Waals surface area contributed by atoms with Crippen molar-refractivity contribution in [1.29, 1.82) is 0 Å². The first kappa shape index (κ1) is 26.1. The quantitative estimate of drug-likeness (QED) is 0.346. The minimum atomic E-state index is -4.46. The topological polar surface area (TPSA) is 67.6 Å². The highest BCUT2D eigenvalue weighted by atomic mass is 19.4. The summed E-state index contributed by atoms with van der Waals surface area (Å²) in [7, 11) is 0. The number of nitrogens with zero attached hydrogens (tertiary/aromatic N) is 5. The van der Waals surface area contributed by atoms with Gasteiger partial charge >= 0.3 is 6.18 Å². The number of ether oxygens (including phenoxy) is 1. The summed E-state index contributed by atoms with van der Waals surface area (Å²) < 4.78 is 48.0. The maximum absolute atomic E-state index is 13.6. The zero-order valence-corrected chi connectivity index (χ0v) is 21.7. The number of anilines is 1. The van der Waals surface area contributed by atoms with Crippen LogP contribution in [0.3, 0.4) is 0 Å². The van der Waals surface area contributed by atoms with Crippen LogP contribution >= 0.6 is 0 Å². The predicted octanol–water partition coefficient (Wildman–Crippen LogP) is 5.77. The maximum Gasteiger partial charge on any atom is 0.416 e. The Morgan fingerprint density at radius 3 is 2.53 bits per heavy atom. The molecule has 1 saturated heterocycles. The fourth-order valence-corrected chi connectivity index (χ4v) is 4.41. The van der Waals surface area contributed by atoms with Crippen LogP contribution in [0.4, 0.5) is 19.1 Å². The lowest BCUT2D eigenvalue weighted by Crippen LogP contribution is -2.35. The van der Waals surface area contributed by atoms with Gasteiger partial charge in [-0.15, -0.1) is 0 Å². The molecule has 3 aromatic heterocycles. The van der Waals surface area contributed by atoms with Crippen molar-refractivity contribution in [3.05, 3.63) is 66.0 Å². The Hall–Kier alpha value is -3.50. The van der Waals surface area contributed by atoms with Gasteiger partial charge in [0.05, 0.1) is 35.9 Å². The van der Waals surface area contributed by atoms with Gasteiger partial charge in [-0.3, -0.25) is 9.30 Å². The molecule has 4 aromatic rings. The number of rotatable bonds is 6. The van der Waals surface area contributed by atoms with E-state index in [2.05, 4.69) is 36.0 Å². The Morgan fingerprint density at radius 1 is 1.00 bits per heavy atom. The van der Waals surface area contributed by atoms with Gasteiger partial charge in [-0.1, -0.05) is 32.9 Å². The highest BCUT2D eigenvalue weighted by molar-refractivity contribution is 5.81. The van der Waals surface area contributed by atoms with Crippen LogP contribution in [-0.4, -0.2) is 57.1 Å². The molecule has 0 atom stereocenters. The molecule has 0 radical (unpaired) electrons. The first-order valence-corrected chi connectivity index (χ1v) is 12.6. The number of nitrogens with one attached hydrogen (secondary N) is 1. The van der Waals surface area contributed by atoms with Crippen molar-refractivity contribution in [2.24, 2.45) is 5.41 Å². The Bertz CT molecular complexity index is 1420. The van der Waals surface area contributed by atoms with E-state index in [-0.39, 0.29) is 5.41 Å². The summed E-state index contributed by atoms with van der Waals surface area (Å²) in [6, 6.07) is 11.0. The summed E-state index contributed by atoms with van der Waals surface area (Å²) in [5.74, 6) is 0.450. The second-order valence-corrected chi connectivity index (χ2v) is 10.7. The highest BCUT2D eigenvalue weighted by Crippen LogP contribution is 2.36. The van der Waals surface area contributed by atoms with Gasteiger partial charge in [0.15, 0.2) is 0 Å². The van der Waals surface area contributed by atoms with Crippen LogP contribution < -0.4 is 5.32 Å². The number of benzene rings is 1. The van der Waals surface area contributed by atoms with Crippen molar-refractivity contribution in [3.63, 3.8) is 0 Å². The molecular formula is C28H31F3N6O. The van der Waals surface area contributed by atoms with Gasteiger partial charge in [0.25, 0.3) is 0 Å². The molecule has 1 N–H and O–H groups in total. The van der Waals surface area contributed by atoms with Crippen molar-refractivity contribution in [3.8, 4) is 22.6 Å². The van der Waals surface area contributed by atoms with Crippen LogP contribution in [0.5, 0.6) is 0 Å². The molecule has 0 bridgehead atoms. The minimum Gasteiger partial charge on any atom is -0.379 e. The van der Waals surface area contributed by atoms with Crippen molar-refractivity contribution in [2.45, 2.75) is 33.5 Å². The van der Waals surface area contributed by atoms with Gasteiger partial charge in [0.1, 0.15) is 5.65 Å². The molecule has 7 nitrogen and oxygen atoms in total. The zero-order chi connectivity index (χ0) is 26.9. The Morgan fingerprint density at radius 2 is 1.79 bits per heavy atom. The van der Waals surface area contributed by atoms with Gasteiger partial charge in [0, 0.05) is 44.1 Å². The van der Waals surface area contributed by atoms with Crippen molar-refractivity contribution >= 4 is 11.6 Å². The van der Waals surface area contributed by atoms with E-state index in [0.29, 0.717) is 54.0 Å². The SMILES string of the molecule is CC(C)(C)CNc1nccc(-c2c(-c3cccc(C(F)(F)F)c3)nc3cc(CN4CCOCC4)ccn23)n1. The first-order valence-electron chi connectivity index (χ1n) is 12.6. The molecule has 1 aromatic carbocycles. The number of pyridine rings is 1. The van der Waals surface area contributed by atoms with Gasteiger partial charge in [-0.05, 0) is 41.3 Å². The standard InChI is InChI=1S/C28H31F3N6O/c1-27(2,3)18-33-26-32-9-7-22(34-26)25-24(20-5-4-6-21(16-20)28(29,30)31)35-23-15-19(8-10-37(23)25)17-36-11-13-38-14-12-36/h4-10,15-16H,11-14,17-18H2,1-3H3,(H,32,33,34). The van der Waals surface area contributed by atoms with Crippen LogP contribution in [0.2, 0.25) is 0 Å². The number of morpholine rings is 1. The fourth-order valence-electron chi connectivity index (χ4n) is 4.41. The minimum absolute atomic E-state index is 0.0166. The molecule has 1 fully saturated rings. The lowest BCUT2D eigenvalue weighted by molar-refractivity contribution is -0.137. The van der Waals surface area contributed by atoms with E-state index >= 15 is 0 Å². The molecule has 1 aliphatic rings. The Labute approximate surface area is 219 Å². The molecule has 4 heterocycles. The highest BCUT2D eigenvalue weighted by Gasteiger charge is 2.31. The summed E-state index contributed by atoms with van der Waals surface area (Å²) in [4.78, 5) is 16.2. The summed E-state index contributed by atoms with van der Waals surface area (Å²) in [6.07, 6.45) is -0.899. The molecular weight excluding hydrogens is 493 g/mol. The third-order valence-electron chi connectivity index (χ3n) is 6.34. The average molecular weight is 525 g/mol. The van der Waals surface area contributed by atoms with E-state index in [1.807, 2.05) is 22.7 Å². The number of hydrogen-bond donors (Lipinski definition) is 1. The summed E-state index contributed by atoms with van der Waals surface area (Å²) in [5, 5.41) is 3.26. The Kier molecular flexibility index (Phi) is 7.11. The number of imidazole rings is 1. The Balaban J connectivity index is 1.60. The fraction of sp³-hybridized carbons (Fsp3) is 0.393. The maximum atomic E-state index is 13.6. The van der Waals surface area contributed by atoms with E-state index in [0.717, 1.165) is 37.3 Å². The van der Waals surface area contributed by atoms with Gasteiger partial charge in [-0.25, -0.2) is 15.0 Å². The van der Waals surface area contributed by atoms with Crippen molar-refractivity contribution in [1.82, 2.24) is 24.3 Å². The van der Waals surface area contributed by atoms with Gasteiger partial charge in [0.2, 0.25) is 5.95 Å². The monoisotopic (exact) mass is 524 g/mol. The van der Waals surface area contributed by atoms with E-state index in [9.17, 15) is 13.2 Å². The van der Waals surface area contributed by atoms with Crippen LogP contribution in [0.15, 0.2) is 54.9 Å². The van der Waals surface area contributed by atoms with Gasteiger partial charge < -0.3 is 10.1 Å². The average Bonchev–Trinajstić information content (AvgIpc) is 3.26. The molecule has 0 aliphatic carbocycles. The number of alkyl halides is 3. The summed E-state index contributed by atoms with van der Waals surface area (Å²) in [6.45, 7) is 10.8. The van der Waals surface area contributed by atoms with Crippen molar-refractivity contribution in [2.75, 3.05) is 38.2 Å². The molecule has 10 heteroatoms. The predicted molar refractivity (Wildman–Crippen MR) is 141 cm³/mol.